The molecule has 25 heavy (non-hydrogen) atoms. The zero-order valence-corrected chi connectivity index (χ0v) is 15.1. The van der Waals surface area contributed by atoms with Crippen LogP contribution < -0.4 is 10.6 Å². The van der Waals surface area contributed by atoms with E-state index in [1.54, 1.807) is 0 Å². The van der Waals surface area contributed by atoms with Crippen LogP contribution in [0.15, 0.2) is 12.2 Å². The predicted octanol–water partition coefficient (Wildman–Crippen LogP) is 2.29. The molecule has 3 heterocycles. The smallest absolute Gasteiger partial charge is 0.407 e. The van der Waals surface area contributed by atoms with Gasteiger partial charge in [-0.2, -0.15) is 0 Å². The highest BCUT2D eigenvalue weighted by Gasteiger charge is 2.48. The molecule has 0 spiro atoms. The number of amides is 2. The Kier molecular flexibility index (Phi) is 6.24. The van der Waals surface area contributed by atoms with Crippen LogP contribution in [-0.4, -0.2) is 52.8 Å². The molecule has 0 aromatic carbocycles. The summed E-state index contributed by atoms with van der Waals surface area (Å²) in [4.78, 5) is 23.5. The van der Waals surface area contributed by atoms with Crippen LogP contribution in [0.2, 0.25) is 0 Å². The topological polar surface area (TPSA) is 96.9 Å². The Hall–Kier alpha value is -1.25. The van der Waals surface area contributed by atoms with Crippen molar-refractivity contribution in [1.29, 1.82) is 0 Å². The summed E-state index contributed by atoms with van der Waals surface area (Å²) < 4.78 is 11.2. The van der Waals surface area contributed by atoms with Crippen molar-refractivity contribution in [2.75, 3.05) is 12.4 Å². The number of carbonyl (C=O) groups excluding carboxylic acids is 2. The van der Waals surface area contributed by atoms with Crippen LogP contribution in [0.3, 0.4) is 0 Å². The Bertz CT molecular complexity index is 529. The highest BCUT2D eigenvalue weighted by molar-refractivity contribution is 8.14. The van der Waals surface area contributed by atoms with Gasteiger partial charge in [0.1, 0.15) is 0 Å². The van der Waals surface area contributed by atoms with Gasteiger partial charge >= 0.3 is 6.09 Å². The lowest BCUT2D eigenvalue weighted by Gasteiger charge is -2.44. The average molecular weight is 370 g/mol. The molecule has 3 aliphatic heterocycles. The molecule has 8 heteroatoms. The molecule has 0 aromatic rings. The summed E-state index contributed by atoms with van der Waals surface area (Å²) >= 11 is 1.14. The molecule has 7 nitrogen and oxygen atoms in total. The van der Waals surface area contributed by atoms with Gasteiger partial charge in [0.2, 0.25) is 0 Å². The van der Waals surface area contributed by atoms with Crippen molar-refractivity contribution in [2.45, 2.75) is 68.9 Å². The number of hydrogen-bond donors (Lipinski definition) is 3. The molecule has 2 saturated heterocycles. The quantitative estimate of drug-likeness (QED) is 0.613. The van der Waals surface area contributed by atoms with Crippen molar-refractivity contribution in [3.8, 4) is 0 Å². The fourth-order valence-corrected chi connectivity index (χ4v) is 4.44. The molecule has 2 fully saturated rings. The number of allylic oxidation sites excluding steroid dienone is 2. The van der Waals surface area contributed by atoms with Crippen LogP contribution >= 0.6 is 11.8 Å². The van der Waals surface area contributed by atoms with Crippen LogP contribution in [0.5, 0.6) is 0 Å². The molecule has 0 unspecified atom stereocenters. The lowest BCUT2D eigenvalue weighted by Crippen LogP contribution is -2.60. The van der Waals surface area contributed by atoms with Crippen molar-refractivity contribution in [3.63, 3.8) is 0 Å². The third-order valence-corrected chi connectivity index (χ3v) is 5.69. The van der Waals surface area contributed by atoms with E-state index >= 15 is 0 Å². The van der Waals surface area contributed by atoms with E-state index in [1.807, 2.05) is 0 Å². The molecule has 0 aromatic heterocycles. The number of carbonyl (C=O) groups is 2. The molecule has 140 valence electrons. The second kappa shape index (κ2) is 8.42. The number of hydrogen-bond acceptors (Lipinski definition) is 6. The summed E-state index contributed by atoms with van der Waals surface area (Å²) in [5.74, 6) is -1.01. The molecular weight excluding hydrogens is 344 g/mol. The SMILES string of the molecule is O=C1N[C@@H]2C[C@@H](CCC/C=C/CCCO1)O[C@@](O)([C@@H]1CSC(=O)N1)C2. The Morgan fingerprint density at radius 2 is 2.00 bits per heavy atom. The van der Waals surface area contributed by atoms with Gasteiger partial charge in [0.15, 0.2) is 5.79 Å². The zero-order valence-electron chi connectivity index (χ0n) is 14.2. The Morgan fingerprint density at radius 1 is 1.20 bits per heavy atom. The summed E-state index contributed by atoms with van der Waals surface area (Å²) in [7, 11) is 0. The van der Waals surface area contributed by atoms with E-state index < -0.39 is 17.9 Å². The fraction of sp³-hybridized carbons (Fsp3) is 0.765. The van der Waals surface area contributed by atoms with E-state index in [0.717, 1.165) is 43.9 Å². The van der Waals surface area contributed by atoms with E-state index in [1.165, 1.54) is 0 Å². The summed E-state index contributed by atoms with van der Waals surface area (Å²) in [5.41, 5.74) is 0. The Morgan fingerprint density at radius 3 is 2.76 bits per heavy atom. The van der Waals surface area contributed by atoms with E-state index in [0.29, 0.717) is 18.8 Å². The number of cyclic esters (lactones) is 1. The minimum Gasteiger partial charge on any atom is -0.450 e. The number of fused-ring (bicyclic) bond motifs is 2. The van der Waals surface area contributed by atoms with Crippen LogP contribution in [0.1, 0.15) is 44.9 Å². The number of ether oxygens (including phenoxy) is 2. The van der Waals surface area contributed by atoms with E-state index in [4.69, 9.17) is 9.47 Å². The number of rotatable bonds is 1. The predicted molar refractivity (Wildman–Crippen MR) is 94.3 cm³/mol. The maximum atomic E-state index is 12.0. The number of nitrogens with one attached hydrogen (secondary N) is 2. The largest absolute Gasteiger partial charge is 0.450 e. The molecule has 3 aliphatic rings. The first-order valence-corrected chi connectivity index (χ1v) is 9.95. The first kappa shape index (κ1) is 18.5. The minimum absolute atomic E-state index is 0.152. The fourth-order valence-electron chi connectivity index (χ4n) is 3.55. The van der Waals surface area contributed by atoms with Crippen LogP contribution in [0, 0.1) is 0 Å². The van der Waals surface area contributed by atoms with Crippen LogP contribution in [0.25, 0.3) is 0 Å². The molecule has 0 radical (unpaired) electrons. The average Bonchev–Trinajstić information content (AvgIpc) is 2.99. The van der Waals surface area contributed by atoms with Gasteiger partial charge in [-0.1, -0.05) is 23.9 Å². The second-order valence-electron chi connectivity index (χ2n) is 6.84. The van der Waals surface area contributed by atoms with Crippen molar-refractivity contribution < 1.29 is 24.2 Å². The van der Waals surface area contributed by atoms with Gasteiger partial charge in [0, 0.05) is 18.2 Å². The number of aliphatic hydroxyl groups is 1. The minimum atomic E-state index is -1.47. The van der Waals surface area contributed by atoms with Crippen molar-refractivity contribution in [3.05, 3.63) is 12.2 Å². The highest BCUT2D eigenvalue weighted by atomic mass is 32.2. The van der Waals surface area contributed by atoms with E-state index in [-0.39, 0.29) is 23.8 Å². The summed E-state index contributed by atoms with van der Waals surface area (Å²) in [6, 6.07) is -0.705. The third kappa shape index (κ3) is 5.12. The normalized spacial score (nSPS) is 38.8. The Labute approximate surface area is 151 Å². The molecule has 3 rings (SSSR count). The highest BCUT2D eigenvalue weighted by Crippen LogP contribution is 2.35. The maximum Gasteiger partial charge on any atom is 0.407 e. The lowest BCUT2D eigenvalue weighted by atomic mass is 9.90. The van der Waals surface area contributed by atoms with E-state index in [9.17, 15) is 14.7 Å². The van der Waals surface area contributed by atoms with Crippen LogP contribution in [-0.2, 0) is 9.47 Å². The third-order valence-electron chi connectivity index (χ3n) is 4.81. The van der Waals surface area contributed by atoms with Crippen LogP contribution in [0.4, 0.5) is 9.59 Å². The van der Waals surface area contributed by atoms with Gasteiger partial charge in [-0.25, -0.2) is 4.79 Å². The summed E-state index contributed by atoms with van der Waals surface area (Å²) in [6.45, 7) is 0.377. The van der Waals surface area contributed by atoms with Gasteiger partial charge in [0.25, 0.3) is 5.24 Å². The van der Waals surface area contributed by atoms with Crippen molar-refractivity contribution in [1.82, 2.24) is 10.6 Å². The van der Waals surface area contributed by atoms with Gasteiger partial charge in [0.05, 0.1) is 18.8 Å². The lowest BCUT2D eigenvalue weighted by molar-refractivity contribution is -0.269. The monoisotopic (exact) mass is 370 g/mol. The zero-order chi connectivity index (χ0) is 17.7. The van der Waals surface area contributed by atoms with Crippen molar-refractivity contribution >= 4 is 23.1 Å². The van der Waals surface area contributed by atoms with Crippen molar-refractivity contribution in [2.24, 2.45) is 0 Å². The second-order valence-corrected chi connectivity index (χ2v) is 7.83. The standard InChI is InChI=1S/C17H26N2O5S/c20-15-18-12-9-13(7-5-3-1-2-4-6-8-23-15)24-17(22,10-12)14-11-25-16(21)19-14/h1-2,12-14,22H,3-11H2,(H,18,20)(H,19,21)/b2-1+/t12-,13-,14+,17-/m1/s1. The molecule has 0 saturated carbocycles. The van der Waals surface area contributed by atoms with Gasteiger partial charge in [-0.15, -0.1) is 0 Å². The van der Waals surface area contributed by atoms with Gasteiger partial charge in [-0.3, -0.25) is 4.79 Å². The number of thioether (sulfide) groups is 1. The molecule has 2 amide bonds. The maximum absolute atomic E-state index is 12.0. The Balaban J connectivity index is 1.70. The first-order chi connectivity index (χ1) is 12.0. The number of alkyl carbamates (subject to hydrolysis) is 1. The van der Waals surface area contributed by atoms with Gasteiger partial charge < -0.3 is 25.2 Å². The molecular formula is C17H26N2O5S. The molecule has 0 aliphatic carbocycles. The molecule has 3 N–H and O–H groups in total. The molecule has 4 atom stereocenters. The van der Waals surface area contributed by atoms with E-state index in [2.05, 4.69) is 22.8 Å². The first-order valence-electron chi connectivity index (χ1n) is 8.97. The summed E-state index contributed by atoms with van der Waals surface area (Å²) in [6.07, 6.45) is 8.93. The van der Waals surface area contributed by atoms with Gasteiger partial charge in [-0.05, 0) is 38.5 Å². The molecule has 2 bridgehead atoms. The summed E-state index contributed by atoms with van der Waals surface area (Å²) in [5, 5.41) is 16.5.